The SMILES string of the molecule is CCCCOC(=O)c1ccc(OCC(=O)NCCc2c[nH]c3ccccc23)cc1. The molecule has 3 rings (SSSR count). The molecule has 0 unspecified atom stereocenters. The number of H-pyrrole nitrogens is 1. The van der Waals surface area contributed by atoms with Gasteiger partial charge in [-0.25, -0.2) is 4.79 Å². The molecule has 2 aromatic carbocycles. The summed E-state index contributed by atoms with van der Waals surface area (Å²) < 4.78 is 10.7. The van der Waals surface area contributed by atoms with Crippen molar-refractivity contribution in [1.29, 1.82) is 0 Å². The molecule has 2 N–H and O–H groups in total. The van der Waals surface area contributed by atoms with Crippen LogP contribution in [0.5, 0.6) is 5.75 Å². The van der Waals surface area contributed by atoms with Crippen molar-refractivity contribution < 1.29 is 19.1 Å². The molecule has 0 bridgehead atoms. The van der Waals surface area contributed by atoms with E-state index in [2.05, 4.69) is 16.4 Å². The molecule has 6 nitrogen and oxygen atoms in total. The van der Waals surface area contributed by atoms with E-state index < -0.39 is 0 Å². The van der Waals surface area contributed by atoms with Crippen molar-refractivity contribution in [3.05, 3.63) is 65.9 Å². The first kappa shape index (κ1) is 20.5. The van der Waals surface area contributed by atoms with E-state index in [0.29, 0.717) is 24.5 Å². The number of benzene rings is 2. The molecule has 0 spiro atoms. The minimum absolute atomic E-state index is 0.0752. The number of nitrogens with one attached hydrogen (secondary N) is 2. The van der Waals surface area contributed by atoms with Gasteiger partial charge < -0.3 is 19.8 Å². The number of esters is 1. The Kier molecular flexibility index (Phi) is 7.28. The maximum Gasteiger partial charge on any atom is 0.338 e. The van der Waals surface area contributed by atoms with Crippen LogP contribution in [0.2, 0.25) is 0 Å². The van der Waals surface area contributed by atoms with Crippen LogP contribution < -0.4 is 10.1 Å². The number of fused-ring (bicyclic) bond motifs is 1. The number of unbranched alkanes of at least 4 members (excludes halogenated alkanes) is 1. The van der Waals surface area contributed by atoms with Crippen molar-refractivity contribution in [3.8, 4) is 5.75 Å². The van der Waals surface area contributed by atoms with Crippen molar-refractivity contribution in [1.82, 2.24) is 10.3 Å². The normalized spacial score (nSPS) is 10.7. The Bertz CT molecular complexity index is 947. The topological polar surface area (TPSA) is 80.4 Å². The molecule has 29 heavy (non-hydrogen) atoms. The fourth-order valence-electron chi connectivity index (χ4n) is 2.95. The third kappa shape index (κ3) is 5.85. The molecule has 0 aliphatic rings. The van der Waals surface area contributed by atoms with E-state index in [1.807, 2.05) is 31.3 Å². The predicted octanol–water partition coefficient (Wildman–Crippen LogP) is 3.86. The average molecular weight is 394 g/mol. The van der Waals surface area contributed by atoms with Crippen molar-refractivity contribution in [2.45, 2.75) is 26.2 Å². The van der Waals surface area contributed by atoms with Crippen LogP contribution in [-0.2, 0) is 16.0 Å². The lowest BCUT2D eigenvalue weighted by molar-refractivity contribution is -0.123. The number of aromatic amines is 1. The van der Waals surface area contributed by atoms with Crippen LogP contribution in [0.3, 0.4) is 0 Å². The summed E-state index contributed by atoms with van der Waals surface area (Å²) in [7, 11) is 0. The van der Waals surface area contributed by atoms with E-state index >= 15 is 0 Å². The molecule has 1 amide bonds. The highest BCUT2D eigenvalue weighted by Gasteiger charge is 2.08. The van der Waals surface area contributed by atoms with E-state index in [1.165, 1.54) is 10.9 Å². The zero-order valence-corrected chi connectivity index (χ0v) is 16.6. The molecule has 3 aromatic rings. The van der Waals surface area contributed by atoms with Gasteiger partial charge in [0.25, 0.3) is 5.91 Å². The zero-order valence-electron chi connectivity index (χ0n) is 16.6. The van der Waals surface area contributed by atoms with Gasteiger partial charge in [-0.1, -0.05) is 31.5 Å². The summed E-state index contributed by atoms with van der Waals surface area (Å²) in [5, 5.41) is 4.03. The quantitative estimate of drug-likeness (QED) is 0.404. The Morgan fingerprint density at radius 2 is 1.86 bits per heavy atom. The van der Waals surface area contributed by atoms with Crippen LogP contribution in [0.25, 0.3) is 10.9 Å². The minimum atomic E-state index is -0.347. The fraction of sp³-hybridized carbons (Fsp3) is 0.304. The molecular weight excluding hydrogens is 368 g/mol. The van der Waals surface area contributed by atoms with Gasteiger partial charge in [0.2, 0.25) is 0 Å². The van der Waals surface area contributed by atoms with E-state index in [4.69, 9.17) is 9.47 Å². The summed E-state index contributed by atoms with van der Waals surface area (Å²) in [5.41, 5.74) is 2.73. The smallest absolute Gasteiger partial charge is 0.338 e. The van der Waals surface area contributed by atoms with Gasteiger partial charge in [-0.3, -0.25) is 4.79 Å². The maximum absolute atomic E-state index is 12.0. The standard InChI is InChI=1S/C23H26N2O4/c1-2-3-14-28-23(27)17-8-10-19(11-9-17)29-16-22(26)24-13-12-18-15-25-21-7-5-4-6-20(18)21/h4-11,15,25H,2-3,12-14,16H2,1H3,(H,24,26). The summed E-state index contributed by atoms with van der Waals surface area (Å²) in [6, 6.07) is 14.7. The number of aromatic nitrogens is 1. The van der Waals surface area contributed by atoms with E-state index in [1.54, 1.807) is 24.3 Å². The van der Waals surface area contributed by atoms with E-state index in [0.717, 1.165) is 24.8 Å². The van der Waals surface area contributed by atoms with Gasteiger partial charge in [0.05, 0.1) is 12.2 Å². The molecule has 0 radical (unpaired) electrons. The second kappa shape index (κ2) is 10.3. The largest absolute Gasteiger partial charge is 0.484 e. The Labute approximate surface area is 170 Å². The number of hydrogen-bond acceptors (Lipinski definition) is 4. The first-order valence-corrected chi connectivity index (χ1v) is 9.89. The highest BCUT2D eigenvalue weighted by atomic mass is 16.5. The number of hydrogen-bond donors (Lipinski definition) is 2. The van der Waals surface area contributed by atoms with Crippen LogP contribution in [0.15, 0.2) is 54.7 Å². The van der Waals surface area contributed by atoms with Gasteiger partial charge >= 0.3 is 5.97 Å². The van der Waals surface area contributed by atoms with E-state index in [9.17, 15) is 9.59 Å². The molecular formula is C23H26N2O4. The summed E-state index contributed by atoms with van der Waals surface area (Å²) in [6.45, 7) is 2.92. The van der Waals surface area contributed by atoms with Gasteiger partial charge in [-0.05, 0) is 48.7 Å². The number of ether oxygens (including phenoxy) is 2. The highest BCUT2D eigenvalue weighted by Crippen LogP contribution is 2.17. The zero-order chi connectivity index (χ0) is 20.5. The molecule has 0 saturated carbocycles. The Morgan fingerprint density at radius 1 is 1.07 bits per heavy atom. The average Bonchev–Trinajstić information content (AvgIpc) is 3.16. The van der Waals surface area contributed by atoms with Crippen molar-refractivity contribution >= 4 is 22.8 Å². The third-order valence-electron chi connectivity index (χ3n) is 4.58. The first-order chi connectivity index (χ1) is 14.2. The number of amides is 1. The summed E-state index contributed by atoms with van der Waals surface area (Å²) in [5.74, 6) is -0.00481. The minimum Gasteiger partial charge on any atom is -0.484 e. The summed E-state index contributed by atoms with van der Waals surface area (Å²) >= 11 is 0. The molecule has 0 aliphatic heterocycles. The van der Waals surface area contributed by atoms with Gasteiger partial charge in [0, 0.05) is 23.6 Å². The van der Waals surface area contributed by atoms with Gasteiger partial charge in [0.1, 0.15) is 5.75 Å². The number of rotatable bonds is 10. The van der Waals surface area contributed by atoms with Crippen LogP contribution in [0, 0.1) is 0 Å². The molecule has 0 aliphatic carbocycles. The lowest BCUT2D eigenvalue weighted by Crippen LogP contribution is -2.30. The van der Waals surface area contributed by atoms with Gasteiger partial charge in [0.15, 0.2) is 6.61 Å². The van der Waals surface area contributed by atoms with Crippen LogP contribution in [-0.4, -0.2) is 36.6 Å². The van der Waals surface area contributed by atoms with E-state index in [-0.39, 0.29) is 18.5 Å². The molecule has 1 aromatic heterocycles. The van der Waals surface area contributed by atoms with Crippen LogP contribution >= 0.6 is 0 Å². The van der Waals surface area contributed by atoms with Gasteiger partial charge in [-0.2, -0.15) is 0 Å². The predicted molar refractivity (Wildman–Crippen MR) is 112 cm³/mol. The first-order valence-electron chi connectivity index (χ1n) is 9.89. The van der Waals surface area contributed by atoms with Crippen LogP contribution in [0.1, 0.15) is 35.7 Å². The summed E-state index contributed by atoms with van der Waals surface area (Å²) in [4.78, 5) is 27.1. The Hall–Kier alpha value is -3.28. The fourth-order valence-corrected chi connectivity index (χ4v) is 2.95. The van der Waals surface area contributed by atoms with Gasteiger partial charge in [-0.15, -0.1) is 0 Å². The lowest BCUT2D eigenvalue weighted by atomic mass is 10.1. The molecule has 0 saturated heterocycles. The van der Waals surface area contributed by atoms with Crippen molar-refractivity contribution in [2.75, 3.05) is 19.8 Å². The second-order valence-electron chi connectivity index (χ2n) is 6.76. The highest BCUT2D eigenvalue weighted by molar-refractivity contribution is 5.89. The summed E-state index contributed by atoms with van der Waals surface area (Å²) in [6.07, 6.45) is 4.54. The Morgan fingerprint density at radius 3 is 2.66 bits per heavy atom. The molecule has 0 atom stereocenters. The maximum atomic E-state index is 12.0. The number of carbonyl (C=O) groups excluding carboxylic acids is 2. The molecule has 6 heteroatoms. The molecule has 1 heterocycles. The Balaban J connectivity index is 1.39. The molecule has 0 fully saturated rings. The number of carbonyl (C=O) groups is 2. The van der Waals surface area contributed by atoms with Crippen molar-refractivity contribution in [2.24, 2.45) is 0 Å². The number of para-hydroxylation sites is 1. The second-order valence-corrected chi connectivity index (χ2v) is 6.76. The van der Waals surface area contributed by atoms with Crippen LogP contribution in [0.4, 0.5) is 0 Å². The molecule has 152 valence electrons. The lowest BCUT2D eigenvalue weighted by Gasteiger charge is -2.08. The monoisotopic (exact) mass is 394 g/mol. The van der Waals surface area contributed by atoms with Crippen molar-refractivity contribution in [3.63, 3.8) is 0 Å². The third-order valence-corrected chi connectivity index (χ3v) is 4.58.